The number of nitrogens with one attached hydrogen (secondary N) is 1. The van der Waals surface area contributed by atoms with Gasteiger partial charge < -0.3 is 0 Å². The molecule has 0 atom stereocenters. The lowest BCUT2D eigenvalue weighted by Crippen LogP contribution is -2.38. The lowest BCUT2D eigenvalue weighted by Gasteiger charge is -2.26. The Bertz CT molecular complexity index is 1410. The molecule has 4 aromatic rings. The third kappa shape index (κ3) is 6.08. The Hall–Kier alpha value is -3.21. The van der Waals surface area contributed by atoms with Crippen molar-refractivity contribution >= 4 is 49.8 Å². The number of carbonyl (C=O) groups is 1. The van der Waals surface area contributed by atoms with Gasteiger partial charge in [-0.25, -0.2) is 8.42 Å². The number of thioether (sulfide) groups is 1. The van der Waals surface area contributed by atoms with Gasteiger partial charge in [0.25, 0.3) is 10.0 Å². The molecule has 0 fully saturated rings. The van der Waals surface area contributed by atoms with Crippen LogP contribution in [0.4, 0.5) is 10.8 Å². The molecule has 4 rings (SSSR count). The minimum atomic E-state index is -3.98. The van der Waals surface area contributed by atoms with Gasteiger partial charge in [0.1, 0.15) is 6.54 Å². The number of anilines is 2. The maximum Gasteiger partial charge on any atom is 0.264 e. The Balaban J connectivity index is 1.52. The SMILES string of the molecule is Cc1cccc(N(CC(=O)Nc2nnc(SCc3ccccc3)s2)S(=O)(=O)c2ccccc2)c1C. The summed E-state index contributed by atoms with van der Waals surface area (Å²) in [5.41, 5.74) is 3.34. The fraction of sp³-hybridized carbons (Fsp3) is 0.160. The van der Waals surface area contributed by atoms with Gasteiger partial charge in [0.2, 0.25) is 11.0 Å². The van der Waals surface area contributed by atoms with E-state index in [1.165, 1.54) is 35.2 Å². The van der Waals surface area contributed by atoms with Crippen LogP contribution in [0.1, 0.15) is 16.7 Å². The topological polar surface area (TPSA) is 92.3 Å². The van der Waals surface area contributed by atoms with Crippen LogP contribution in [0.25, 0.3) is 0 Å². The van der Waals surface area contributed by atoms with E-state index in [1.54, 1.807) is 30.3 Å². The molecule has 1 amide bonds. The summed E-state index contributed by atoms with van der Waals surface area (Å²) < 4.78 is 28.9. The first kappa shape index (κ1) is 24.9. The number of rotatable bonds is 9. The van der Waals surface area contributed by atoms with Gasteiger partial charge in [0.05, 0.1) is 10.6 Å². The highest BCUT2D eigenvalue weighted by Crippen LogP contribution is 2.30. The summed E-state index contributed by atoms with van der Waals surface area (Å²) in [6, 6.07) is 23.5. The third-order valence-electron chi connectivity index (χ3n) is 5.32. The second kappa shape index (κ2) is 11.0. The van der Waals surface area contributed by atoms with Gasteiger partial charge in [-0.1, -0.05) is 83.8 Å². The van der Waals surface area contributed by atoms with Crippen LogP contribution in [0.2, 0.25) is 0 Å². The van der Waals surface area contributed by atoms with Crippen molar-refractivity contribution in [2.75, 3.05) is 16.2 Å². The van der Waals surface area contributed by atoms with E-state index in [9.17, 15) is 13.2 Å². The molecule has 0 bridgehead atoms. The molecule has 0 spiro atoms. The molecule has 0 aliphatic rings. The van der Waals surface area contributed by atoms with Crippen LogP contribution in [0.3, 0.4) is 0 Å². The van der Waals surface area contributed by atoms with E-state index in [1.807, 2.05) is 50.2 Å². The van der Waals surface area contributed by atoms with Crippen molar-refractivity contribution in [3.63, 3.8) is 0 Å². The normalized spacial score (nSPS) is 11.3. The fourth-order valence-electron chi connectivity index (χ4n) is 3.35. The average molecular weight is 525 g/mol. The number of aromatic nitrogens is 2. The maximum absolute atomic E-state index is 13.5. The van der Waals surface area contributed by atoms with Gasteiger partial charge in [-0.15, -0.1) is 10.2 Å². The van der Waals surface area contributed by atoms with Gasteiger partial charge in [0, 0.05) is 5.75 Å². The Morgan fingerprint density at radius 3 is 2.34 bits per heavy atom. The Kier molecular flexibility index (Phi) is 7.84. The molecule has 0 unspecified atom stereocenters. The highest BCUT2D eigenvalue weighted by molar-refractivity contribution is 8.00. The van der Waals surface area contributed by atoms with Gasteiger partial charge in [-0.3, -0.25) is 14.4 Å². The molecule has 1 aromatic heterocycles. The van der Waals surface area contributed by atoms with Gasteiger partial charge >= 0.3 is 0 Å². The van der Waals surface area contributed by atoms with E-state index in [0.717, 1.165) is 26.7 Å². The second-order valence-corrected chi connectivity index (χ2v) is 11.8. The fourth-order valence-corrected chi connectivity index (χ4v) is 6.58. The van der Waals surface area contributed by atoms with Crippen molar-refractivity contribution in [3.05, 3.63) is 95.6 Å². The minimum absolute atomic E-state index is 0.115. The zero-order chi connectivity index (χ0) is 24.8. The summed E-state index contributed by atoms with van der Waals surface area (Å²) >= 11 is 2.78. The lowest BCUT2D eigenvalue weighted by atomic mass is 10.1. The van der Waals surface area contributed by atoms with E-state index < -0.39 is 22.5 Å². The van der Waals surface area contributed by atoms with Crippen LogP contribution in [0.5, 0.6) is 0 Å². The van der Waals surface area contributed by atoms with E-state index in [2.05, 4.69) is 15.5 Å². The van der Waals surface area contributed by atoms with Crippen LogP contribution in [-0.2, 0) is 20.6 Å². The van der Waals surface area contributed by atoms with Crippen LogP contribution in [-0.4, -0.2) is 31.1 Å². The molecule has 35 heavy (non-hydrogen) atoms. The molecule has 0 saturated heterocycles. The molecule has 0 aliphatic heterocycles. The maximum atomic E-state index is 13.5. The highest BCUT2D eigenvalue weighted by Gasteiger charge is 2.28. The summed E-state index contributed by atoms with van der Waals surface area (Å²) in [5.74, 6) is 0.236. The second-order valence-electron chi connectivity index (χ2n) is 7.74. The molecular formula is C25H24N4O3S3. The standard InChI is InChI=1S/C25H24N4O3S3/c1-18-10-9-15-22(19(18)2)29(35(31,32)21-13-7-4-8-14-21)16-23(30)26-24-27-28-25(34-24)33-17-20-11-5-3-6-12-20/h3-15H,16-17H2,1-2H3,(H,26,27,30). The average Bonchev–Trinajstić information content (AvgIpc) is 3.31. The predicted octanol–water partition coefficient (Wildman–Crippen LogP) is 5.28. The van der Waals surface area contributed by atoms with Crippen LogP contribution in [0.15, 0.2) is 88.1 Å². The van der Waals surface area contributed by atoms with Crippen molar-refractivity contribution in [3.8, 4) is 0 Å². The molecular weight excluding hydrogens is 501 g/mol. The summed E-state index contributed by atoms with van der Waals surface area (Å²) in [5, 5.41) is 11.2. The van der Waals surface area contributed by atoms with Crippen LogP contribution < -0.4 is 9.62 Å². The smallest absolute Gasteiger partial charge is 0.264 e. The molecule has 0 saturated carbocycles. The molecule has 0 aliphatic carbocycles. The highest BCUT2D eigenvalue weighted by atomic mass is 32.2. The van der Waals surface area contributed by atoms with Crippen molar-refractivity contribution in [1.29, 1.82) is 0 Å². The van der Waals surface area contributed by atoms with E-state index >= 15 is 0 Å². The Labute approximate surface area is 213 Å². The van der Waals surface area contributed by atoms with Crippen molar-refractivity contribution in [2.45, 2.75) is 28.8 Å². The number of amides is 1. The van der Waals surface area contributed by atoms with Gasteiger partial charge in [-0.2, -0.15) is 0 Å². The van der Waals surface area contributed by atoms with E-state index in [-0.39, 0.29) is 4.90 Å². The van der Waals surface area contributed by atoms with Crippen molar-refractivity contribution in [2.24, 2.45) is 0 Å². The van der Waals surface area contributed by atoms with E-state index in [0.29, 0.717) is 15.2 Å². The molecule has 0 radical (unpaired) electrons. The Morgan fingerprint density at radius 2 is 1.63 bits per heavy atom. The monoisotopic (exact) mass is 524 g/mol. The number of sulfonamides is 1. The molecule has 1 heterocycles. The first-order chi connectivity index (χ1) is 16.8. The lowest BCUT2D eigenvalue weighted by molar-refractivity contribution is -0.114. The number of aryl methyl sites for hydroxylation is 1. The Morgan fingerprint density at radius 1 is 0.943 bits per heavy atom. The van der Waals surface area contributed by atoms with Crippen LogP contribution in [0, 0.1) is 13.8 Å². The summed E-state index contributed by atoms with van der Waals surface area (Å²) in [7, 11) is -3.98. The summed E-state index contributed by atoms with van der Waals surface area (Å²) in [6.07, 6.45) is 0. The molecule has 1 N–H and O–H groups in total. The number of carbonyl (C=O) groups excluding carboxylic acids is 1. The third-order valence-corrected chi connectivity index (χ3v) is 9.14. The first-order valence-electron chi connectivity index (χ1n) is 10.8. The molecule has 10 heteroatoms. The zero-order valence-electron chi connectivity index (χ0n) is 19.2. The van der Waals surface area contributed by atoms with Crippen molar-refractivity contribution in [1.82, 2.24) is 10.2 Å². The first-order valence-corrected chi connectivity index (χ1v) is 14.0. The molecule has 7 nitrogen and oxygen atoms in total. The van der Waals surface area contributed by atoms with Crippen molar-refractivity contribution < 1.29 is 13.2 Å². The largest absolute Gasteiger partial charge is 0.299 e. The van der Waals surface area contributed by atoms with Crippen LogP contribution >= 0.6 is 23.1 Å². The summed E-state index contributed by atoms with van der Waals surface area (Å²) in [6.45, 7) is 3.35. The summed E-state index contributed by atoms with van der Waals surface area (Å²) in [4.78, 5) is 13.1. The van der Waals surface area contributed by atoms with E-state index in [4.69, 9.17) is 0 Å². The van der Waals surface area contributed by atoms with Gasteiger partial charge in [0.15, 0.2) is 4.34 Å². The number of hydrogen-bond donors (Lipinski definition) is 1. The minimum Gasteiger partial charge on any atom is -0.299 e. The molecule has 3 aromatic carbocycles. The predicted molar refractivity (Wildman–Crippen MR) is 141 cm³/mol. The molecule has 180 valence electrons. The quantitative estimate of drug-likeness (QED) is 0.237. The van der Waals surface area contributed by atoms with Gasteiger partial charge in [-0.05, 0) is 48.7 Å². The number of benzene rings is 3. The zero-order valence-corrected chi connectivity index (χ0v) is 21.7. The number of hydrogen-bond acceptors (Lipinski definition) is 7. The number of nitrogens with zero attached hydrogens (tertiary/aromatic N) is 3.